The van der Waals surface area contributed by atoms with Crippen LogP contribution >= 0.6 is 0 Å². The number of carbonyl (C=O) groups is 1. The molecule has 2 heterocycles. The zero-order valence-corrected chi connectivity index (χ0v) is 11.9. The minimum Gasteiger partial charge on any atom is -0.496 e. The molecule has 0 spiro atoms. The van der Waals surface area contributed by atoms with E-state index in [-0.39, 0.29) is 5.92 Å². The van der Waals surface area contributed by atoms with E-state index in [9.17, 15) is 4.79 Å². The number of amides is 1. The molecule has 0 aliphatic carbocycles. The number of nitrogens with zero attached hydrogens (tertiary/aromatic N) is 3. The van der Waals surface area contributed by atoms with E-state index in [4.69, 9.17) is 9.15 Å². The molecule has 1 aliphatic heterocycles. The van der Waals surface area contributed by atoms with Gasteiger partial charge in [0.15, 0.2) is 0 Å². The summed E-state index contributed by atoms with van der Waals surface area (Å²) in [7, 11) is 1.61. The smallest absolute Gasteiger partial charge is 0.251 e. The third-order valence-electron chi connectivity index (χ3n) is 3.73. The van der Waals surface area contributed by atoms with Crippen LogP contribution in [0.4, 0.5) is 0 Å². The predicted octanol–water partition coefficient (Wildman–Crippen LogP) is 2.08. The third kappa shape index (κ3) is 2.74. The first kappa shape index (κ1) is 13.6. The molecule has 0 N–H and O–H groups in total. The standard InChI is InChI=1S/C15H17N3O3/c1-20-13-7-3-2-6-12(13)15-17-16-14(21-15)11-5-4-8-18(9-11)10-19/h2-3,6-7,10-11H,4-5,8-9H2,1H3/t11-/m0/s1. The SMILES string of the molecule is COc1ccccc1-c1nnc([C@H]2CCCN(C=O)C2)o1. The molecule has 110 valence electrons. The van der Waals surface area contributed by atoms with Crippen LogP contribution in [0.25, 0.3) is 11.5 Å². The highest BCUT2D eigenvalue weighted by molar-refractivity contribution is 5.62. The normalized spacial score (nSPS) is 18.5. The number of rotatable bonds is 4. The van der Waals surface area contributed by atoms with Crippen LogP contribution in [0, 0.1) is 0 Å². The molecule has 1 fully saturated rings. The van der Waals surface area contributed by atoms with Crippen LogP contribution in [0.1, 0.15) is 24.7 Å². The molecule has 1 atom stereocenters. The molecule has 6 heteroatoms. The molecule has 1 saturated heterocycles. The van der Waals surface area contributed by atoms with E-state index in [1.54, 1.807) is 12.0 Å². The third-order valence-corrected chi connectivity index (χ3v) is 3.73. The zero-order chi connectivity index (χ0) is 14.7. The molecular formula is C15H17N3O3. The van der Waals surface area contributed by atoms with Gasteiger partial charge in [0.1, 0.15) is 5.75 Å². The molecule has 0 radical (unpaired) electrons. The van der Waals surface area contributed by atoms with Crippen molar-refractivity contribution in [1.82, 2.24) is 15.1 Å². The molecule has 21 heavy (non-hydrogen) atoms. The van der Waals surface area contributed by atoms with E-state index in [1.165, 1.54) is 0 Å². The first-order valence-corrected chi connectivity index (χ1v) is 6.98. The van der Waals surface area contributed by atoms with Crippen molar-refractivity contribution in [3.8, 4) is 17.2 Å². The van der Waals surface area contributed by atoms with Crippen molar-refractivity contribution < 1.29 is 13.9 Å². The molecule has 2 aromatic rings. The molecule has 0 saturated carbocycles. The summed E-state index contributed by atoms with van der Waals surface area (Å²) in [6.07, 6.45) is 2.79. The fourth-order valence-electron chi connectivity index (χ4n) is 2.63. The Morgan fingerprint density at radius 2 is 2.24 bits per heavy atom. The first-order valence-electron chi connectivity index (χ1n) is 6.98. The summed E-state index contributed by atoms with van der Waals surface area (Å²) in [6, 6.07) is 7.53. The van der Waals surface area contributed by atoms with Gasteiger partial charge in [-0.3, -0.25) is 4.79 Å². The second-order valence-electron chi connectivity index (χ2n) is 5.09. The van der Waals surface area contributed by atoms with Gasteiger partial charge in [0, 0.05) is 13.1 Å². The summed E-state index contributed by atoms with van der Waals surface area (Å²) >= 11 is 0. The fraction of sp³-hybridized carbons (Fsp3) is 0.400. The Hall–Kier alpha value is -2.37. The largest absolute Gasteiger partial charge is 0.496 e. The quantitative estimate of drug-likeness (QED) is 0.805. The summed E-state index contributed by atoms with van der Waals surface area (Å²) < 4.78 is 11.1. The van der Waals surface area contributed by atoms with Gasteiger partial charge < -0.3 is 14.1 Å². The summed E-state index contributed by atoms with van der Waals surface area (Å²) in [5.41, 5.74) is 0.779. The van der Waals surface area contributed by atoms with Crippen LogP contribution in [-0.2, 0) is 4.79 Å². The summed E-state index contributed by atoms with van der Waals surface area (Å²) in [4.78, 5) is 12.6. The molecule has 1 aromatic heterocycles. The topological polar surface area (TPSA) is 68.5 Å². The lowest BCUT2D eigenvalue weighted by molar-refractivity contribution is -0.119. The van der Waals surface area contributed by atoms with Gasteiger partial charge in [-0.2, -0.15) is 0 Å². The van der Waals surface area contributed by atoms with Gasteiger partial charge in [0.2, 0.25) is 12.3 Å². The van der Waals surface area contributed by atoms with Gasteiger partial charge in [-0.15, -0.1) is 10.2 Å². The maximum atomic E-state index is 10.9. The second kappa shape index (κ2) is 5.95. The number of hydrogen-bond donors (Lipinski definition) is 0. The van der Waals surface area contributed by atoms with Gasteiger partial charge in [-0.1, -0.05) is 12.1 Å². The van der Waals surface area contributed by atoms with Crippen molar-refractivity contribution in [2.24, 2.45) is 0 Å². The molecule has 1 amide bonds. The van der Waals surface area contributed by atoms with E-state index in [0.29, 0.717) is 24.1 Å². The Morgan fingerprint density at radius 1 is 1.38 bits per heavy atom. The Kier molecular flexibility index (Phi) is 3.85. The molecule has 1 aliphatic rings. The van der Waals surface area contributed by atoms with Crippen molar-refractivity contribution in [3.05, 3.63) is 30.2 Å². The van der Waals surface area contributed by atoms with Crippen LogP contribution in [-0.4, -0.2) is 41.7 Å². The maximum absolute atomic E-state index is 10.9. The van der Waals surface area contributed by atoms with Gasteiger partial charge in [-0.05, 0) is 25.0 Å². The molecule has 1 aromatic carbocycles. The second-order valence-corrected chi connectivity index (χ2v) is 5.09. The molecule has 3 rings (SSSR count). The first-order chi connectivity index (χ1) is 10.3. The average molecular weight is 287 g/mol. The lowest BCUT2D eigenvalue weighted by Gasteiger charge is -2.27. The number of piperidine rings is 1. The van der Waals surface area contributed by atoms with Crippen molar-refractivity contribution in [2.75, 3.05) is 20.2 Å². The van der Waals surface area contributed by atoms with E-state index in [2.05, 4.69) is 10.2 Å². The number of carbonyl (C=O) groups excluding carboxylic acids is 1. The zero-order valence-electron chi connectivity index (χ0n) is 11.9. The summed E-state index contributed by atoms with van der Waals surface area (Å²) in [5, 5.41) is 8.26. The molecule has 0 unspecified atom stereocenters. The molecule has 0 bridgehead atoms. The molecular weight excluding hydrogens is 270 g/mol. The van der Waals surface area contributed by atoms with Gasteiger partial charge in [0.05, 0.1) is 18.6 Å². The predicted molar refractivity (Wildman–Crippen MR) is 75.9 cm³/mol. The number of methoxy groups -OCH3 is 1. The number of benzene rings is 1. The van der Waals surface area contributed by atoms with Gasteiger partial charge >= 0.3 is 0 Å². The minimum absolute atomic E-state index is 0.111. The monoisotopic (exact) mass is 287 g/mol. The Morgan fingerprint density at radius 3 is 3.05 bits per heavy atom. The van der Waals surface area contributed by atoms with E-state index in [0.717, 1.165) is 31.4 Å². The van der Waals surface area contributed by atoms with Crippen LogP contribution in [0.3, 0.4) is 0 Å². The van der Waals surface area contributed by atoms with Crippen molar-refractivity contribution >= 4 is 6.41 Å². The highest BCUT2D eigenvalue weighted by atomic mass is 16.5. The lowest BCUT2D eigenvalue weighted by Crippen LogP contribution is -2.33. The van der Waals surface area contributed by atoms with E-state index >= 15 is 0 Å². The maximum Gasteiger partial charge on any atom is 0.251 e. The van der Waals surface area contributed by atoms with Gasteiger partial charge in [-0.25, -0.2) is 0 Å². The number of likely N-dealkylation sites (tertiary alicyclic amines) is 1. The Balaban J connectivity index is 1.84. The van der Waals surface area contributed by atoms with E-state index < -0.39 is 0 Å². The number of para-hydroxylation sites is 1. The van der Waals surface area contributed by atoms with Crippen molar-refractivity contribution in [2.45, 2.75) is 18.8 Å². The average Bonchev–Trinajstić information content (AvgIpc) is 3.04. The van der Waals surface area contributed by atoms with Crippen LogP contribution in [0.5, 0.6) is 5.75 Å². The Bertz CT molecular complexity index is 626. The lowest BCUT2D eigenvalue weighted by atomic mass is 9.98. The minimum atomic E-state index is 0.111. The van der Waals surface area contributed by atoms with Crippen LogP contribution in [0.15, 0.2) is 28.7 Å². The highest BCUT2D eigenvalue weighted by Crippen LogP contribution is 2.31. The number of hydrogen-bond acceptors (Lipinski definition) is 5. The van der Waals surface area contributed by atoms with Crippen LogP contribution < -0.4 is 4.74 Å². The number of ether oxygens (including phenoxy) is 1. The van der Waals surface area contributed by atoms with Gasteiger partial charge in [0.25, 0.3) is 5.89 Å². The molecule has 6 nitrogen and oxygen atoms in total. The van der Waals surface area contributed by atoms with E-state index in [1.807, 2.05) is 24.3 Å². The summed E-state index contributed by atoms with van der Waals surface area (Å²) in [6.45, 7) is 1.44. The number of aromatic nitrogens is 2. The van der Waals surface area contributed by atoms with Crippen LogP contribution in [0.2, 0.25) is 0 Å². The fourth-order valence-corrected chi connectivity index (χ4v) is 2.63. The Labute approximate surface area is 122 Å². The van der Waals surface area contributed by atoms with Crippen molar-refractivity contribution in [3.63, 3.8) is 0 Å². The van der Waals surface area contributed by atoms with Crippen molar-refractivity contribution in [1.29, 1.82) is 0 Å². The highest BCUT2D eigenvalue weighted by Gasteiger charge is 2.25. The summed E-state index contributed by atoms with van der Waals surface area (Å²) in [5.74, 6) is 1.85.